The third-order valence-electron chi connectivity index (χ3n) is 6.31. The van der Waals surface area contributed by atoms with Gasteiger partial charge in [-0.2, -0.15) is 9.57 Å². The Morgan fingerprint density at radius 2 is 2.03 bits per heavy atom. The molecule has 1 fully saturated rings. The maximum absolute atomic E-state index is 12.7. The highest BCUT2D eigenvalue weighted by Gasteiger charge is 2.29. The molecule has 1 aliphatic carbocycles. The van der Waals surface area contributed by atoms with E-state index in [0.717, 1.165) is 35.3 Å². The van der Waals surface area contributed by atoms with Gasteiger partial charge in [0.05, 0.1) is 31.7 Å². The number of sulfonamides is 1. The number of fused-ring (bicyclic) bond motifs is 1. The Kier molecular flexibility index (Phi) is 7.29. The molecular formula is C24H29N4O3S2+. The van der Waals surface area contributed by atoms with Gasteiger partial charge in [-0.1, -0.05) is 37.3 Å². The number of nitriles is 1. The minimum atomic E-state index is -3.49. The molecular weight excluding hydrogens is 456 g/mol. The van der Waals surface area contributed by atoms with Crippen LogP contribution in [0.25, 0.3) is 6.08 Å². The van der Waals surface area contributed by atoms with E-state index in [0.29, 0.717) is 42.7 Å². The van der Waals surface area contributed by atoms with Gasteiger partial charge in [0.1, 0.15) is 11.1 Å². The Bertz CT molecular complexity index is 1170. The first kappa shape index (κ1) is 23.6. The van der Waals surface area contributed by atoms with Gasteiger partial charge < -0.3 is 10.2 Å². The Labute approximate surface area is 199 Å². The molecule has 1 aliphatic heterocycles. The molecule has 0 spiro atoms. The standard InChI is InChI=1S/C24H28N4O3S2/c1-18-7-8-20-21(16-25)24(32-22(20)15-18)26-23(29)17-27-10-12-28(13-11-27)33(30,31)14-9-19-5-3-2-4-6-19/h2-6,9,14,18H,7-8,10-13,15,17H2,1H3,(H,26,29)/p+1/b14-9+/t18-/m0/s1. The van der Waals surface area contributed by atoms with Crippen molar-refractivity contribution in [1.82, 2.24) is 4.31 Å². The molecule has 9 heteroatoms. The van der Waals surface area contributed by atoms with Crippen LogP contribution in [0.2, 0.25) is 0 Å². The van der Waals surface area contributed by atoms with Crippen LogP contribution in [-0.2, 0) is 27.7 Å². The molecule has 4 rings (SSSR count). The highest BCUT2D eigenvalue weighted by Crippen LogP contribution is 2.39. The quantitative estimate of drug-likeness (QED) is 0.653. The second-order valence-corrected chi connectivity index (χ2v) is 11.7. The minimum Gasteiger partial charge on any atom is -0.325 e. The number of hydrogen-bond acceptors (Lipinski definition) is 5. The van der Waals surface area contributed by atoms with Crippen molar-refractivity contribution in [3.8, 4) is 6.07 Å². The summed E-state index contributed by atoms with van der Waals surface area (Å²) in [4.78, 5) is 14.9. The van der Waals surface area contributed by atoms with Gasteiger partial charge in [-0.3, -0.25) is 4.79 Å². The van der Waals surface area contributed by atoms with Crippen LogP contribution >= 0.6 is 11.3 Å². The van der Waals surface area contributed by atoms with Crippen molar-refractivity contribution >= 4 is 38.3 Å². The van der Waals surface area contributed by atoms with Crippen LogP contribution in [-0.4, -0.2) is 51.4 Å². The summed E-state index contributed by atoms with van der Waals surface area (Å²) in [5.41, 5.74) is 2.56. The van der Waals surface area contributed by atoms with E-state index in [9.17, 15) is 18.5 Å². The number of thiophene rings is 1. The predicted octanol–water partition coefficient (Wildman–Crippen LogP) is 1.88. The molecule has 1 aromatic heterocycles. The van der Waals surface area contributed by atoms with Crippen LogP contribution in [0, 0.1) is 17.2 Å². The lowest BCUT2D eigenvalue weighted by Crippen LogP contribution is -3.15. The zero-order chi connectivity index (χ0) is 23.4. The number of carbonyl (C=O) groups is 1. The molecule has 1 atom stereocenters. The Hall–Kier alpha value is -2.51. The van der Waals surface area contributed by atoms with Crippen molar-refractivity contribution in [2.45, 2.75) is 26.2 Å². The van der Waals surface area contributed by atoms with Gasteiger partial charge in [-0.15, -0.1) is 11.3 Å². The summed E-state index contributed by atoms with van der Waals surface area (Å²) in [6.07, 6.45) is 4.54. The summed E-state index contributed by atoms with van der Waals surface area (Å²) in [6, 6.07) is 11.6. The van der Waals surface area contributed by atoms with E-state index < -0.39 is 10.0 Å². The smallest absolute Gasteiger partial charge is 0.280 e. The molecule has 0 radical (unpaired) electrons. The summed E-state index contributed by atoms with van der Waals surface area (Å²) >= 11 is 1.53. The average molecular weight is 486 g/mol. The number of quaternary nitrogens is 1. The van der Waals surface area contributed by atoms with Gasteiger partial charge in [-0.05, 0) is 42.4 Å². The summed E-state index contributed by atoms with van der Waals surface area (Å²) in [5, 5.41) is 14.5. The number of rotatable bonds is 6. The van der Waals surface area contributed by atoms with E-state index >= 15 is 0 Å². The number of nitrogens with one attached hydrogen (secondary N) is 2. The maximum atomic E-state index is 12.7. The number of benzene rings is 1. The van der Waals surface area contributed by atoms with Gasteiger partial charge >= 0.3 is 0 Å². The molecule has 1 saturated heterocycles. The fraction of sp³-hybridized carbons (Fsp3) is 0.417. The summed E-state index contributed by atoms with van der Waals surface area (Å²) in [7, 11) is -3.49. The van der Waals surface area contributed by atoms with E-state index in [1.807, 2.05) is 30.3 Å². The van der Waals surface area contributed by atoms with Crippen molar-refractivity contribution in [2.24, 2.45) is 5.92 Å². The first-order chi connectivity index (χ1) is 15.9. The Balaban J connectivity index is 1.31. The van der Waals surface area contributed by atoms with Gasteiger partial charge in [0.25, 0.3) is 5.91 Å². The molecule has 2 N–H and O–H groups in total. The fourth-order valence-corrected chi connectivity index (χ4v) is 6.97. The lowest BCUT2D eigenvalue weighted by Gasteiger charge is -2.30. The van der Waals surface area contributed by atoms with Crippen LogP contribution in [0.15, 0.2) is 35.7 Å². The summed E-state index contributed by atoms with van der Waals surface area (Å²) in [6.45, 7) is 4.35. The Morgan fingerprint density at radius 1 is 1.30 bits per heavy atom. The molecule has 0 unspecified atom stereocenters. The molecule has 174 valence electrons. The second kappa shape index (κ2) is 10.2. The minimum absolute atomic E-state index is 0.131. The second-order valence-electron chi connectivity index (χ2n) is 8.80. The highest BCUT2D eigenvalue weighted by atomic mass is 32.2. The lowest BCUT2D eigenvalue weighted by atomic mass is 9.89. The number of hydrogen-bond donors (Lipinski definition) is 2. The fourth-order valence-electron chi connectivity index (χ4n) is 4.40. The predicted molar refractivity (Wildman–Crippen MR) is 130 cm³/mol. The molecule has 2 aliphatic rings. The monoisotopic (exact) mass is 485 g/mol. The SMILES string of the molecule is C[C@H]1CCc2c(sc(NC(=O)C[NH+]3CCN(S(=O)(=O)/C=C/c4ccccc4)CC3)c2C#N)C1. The lowest BCUT2D eigenvalue weighted by molar-refractivity contribution is -0.895. The molecule has 2 heterocycles. The molecule has 1 amide bonds. The van der Waals surface area contributed by atoms with Gasteiger partial charge in [0, 0.05) is 10.3 Å². The van der Waals surface area contributed by atoms with Crippen molar-refractivity contribution in [2.75, 3.05) is 38.0 Å². The van der Waals surface area contributed by atoms with E-state index in [2.05, 4.69) is 18.3 Å². The van der Waals surface area contributed by atoms with E-state index in [1.165, 1.54) is 25.9 Å². The maximum Gasteiger partial charge on any atom is 0.280 e. The molecule has 2 aromatic rings. The number of anilines is 1. The van der Waals surface area contributed by atoms with Crippen molar-refractivity contribution in [3.05, 3.63) is 57.3 Å². The zero-order valence-corrected chi connectivity index (χ0v) is 20.3. The van der Waals surface area contributed by atoms with Crippen LogP contribution in [0.4, 0.5) is 5.00 Å². The third kappa shape index (κ3) is 5.71. The van der Waals surface area contributed by atoms with E-state index in [-0.39, 0.29) is 12.5 Å². The average Bonchev–Trinajstić information content (AvgIpc) is 3.14. The molecule has 1 aromatic carbocycles. The topological polar surface area (TPSA) is 94.7 Å². The molecule has 0 bridgehead atoms. The normalized spacial score (nSPS) is 19.8. The van der Waals surface area contributed by atoms with Crippen LogP contribution in [0.3, 0.4) is 0 Å². The third-order valence-corrected chi connectivity index (χ3v) is 9.04. The summed E-state index contributed by atoms with van der Waals surface area (Å²) in [5.74, 6) is 0.472. The van der Waals surface area contributed by atoms with E-state index in [1.54, 1.807) is 6.08 Å². The van der Waals surface area contributed by atoms with Crippen molar-refractivity contribution < 1.29 is 18.1 Å². The van der Waals surface area contributed by atoms with Crippen LogP contribution < -0.4 is 10.2 Å². The first-order valence-electron chi connectivity index (χ1n) is 11.3. The van der Waals surface area contributed by atoms with Gasteiger partial charge in [-0.25, -0.2) is 8.42 Å². The Morgan fingerprint density at radius 3 is 2.73 bits per heavy atom. The van der Waals surface area contributed by atoms with Gasteiger partial charge in [0.2, 0.25) is 10.0 Å². The molecule has 0 saturated carbocycles. The highest BCUT2D eigenvalue weighted by molar-refractivity contribution is 7.92. The van der Waals surface area contributed by atoms with Crippen molar-refractivity contribution in [3.63, 3.8) is 0 Å². The number of amides is 1. The number of nitrogens with zero attached hydrogens (tertiary/aromatic N) is 2. The molecule has 7 nitrogen and oxygen atoms in total. The first-order valence-corrected chi connectivity index (χ1v) is 13.6. The zero-order valence-electron chi connectivity index (χ0n) is 18.7. The molecule has 33 heavy (non-hydrogen) atoms. The largest absolute Gasteiger partial charge is 0.325 e. The van der Waals surface area contributed by atoms with Crippen molar-refractivity contribution in [1.29, 1.82) is 5.26 Å². The number of carbonyl (C=O) groups excluding carboxylic acids is 1. The summed E-state index contributed by atoms with van der Waals surface area (Å²) < 4.78 is 26.7. The van der Waals surface area contributed by atoms with E-state index in [4.69, 9.17) is 0 Å². The van der Waals surface area contributed by atoms with Crippen LogP contribution in [0.5, 0.6) is 0 Å². The number of piperazine rings is 1. The van der Waals surface area contributed by atoms with Gasteiger partial charge in [0.15, 0.2) is 6.54 Å². The van der Waals surface area contributed by atoms with Crippen LogP contribution in [0.1, 0.15) is 34.9 Å².